The van der Waals surface area contributed by atoms with Gasteiger partial charge >= 0.3 is 0 Å². The number of nitrogens with zero attached hydrogens (tertiary/aromatic N) is 2. The van der Waals surface area contributed by atoms with E-state index in [4.69, 9.17) is 10.5 Å². The van der Waals surface area contributed by atoms with Crippen LogP contribution in [0.15, 0.2) is 36.7 Å². The minimum absolute atomic E-state index is 0.0183. The second kappa shape index (κ2) is 9.76. The molecule has 1 aromatic heterocycles. The first-order valence-electron chi connectivity index (χ1n) is 9.49. The van der Waals surface area contributed by atoms with E-state index >= 15 is 0 Å². The average molecular weight is 416 g/mol. The van der Waals surface area contributed by atoms with Crippen molar-refractivity contribution in [2.75, 3.05) is 30.4 Å². The third-order valence-electron chi connectivity index (χ3n) is 4.70. The van der Waals surface area contributed by atoms with Crippen LogP contribution in [-0.2, 0) is 0 Å². The van der Waals surface area contributed by atoms with Crippen LogP contribution in [0.1, 0.15) is 18.4 Å². The molecule has 1 fully saturated rings. The van der Waals surface area contributed by atoms with Crippen molar-refractivity contribution in [1.82, 2.24) is 15.3 Å². The molecule has 1 unspecified atom stereocenters. The highest BCUT2D eigenvalue weighted by molar-refractivity contribution is 7.79. The van der Waals surface area contributed by atoms with Crippen LogP contribution in [-0.4, -0.2) is 35.4 Å². The van der Waals surface area contributed by atoms with E-state index in [-0.39, 0.29) is 11.9 Å². The number of hydrogen-bond acceptors (Lipinski definition) is 7. The number of rotatable bonds is 4. The summed E-state index contributed by atoms with van der Waals surface area (Å²) in [6.07, 6.45) is 5.18. The van der Waals surface area contributed by atoms with Gasteiger partial charge in [0.2, 0.25) is 0 Å². The number of anilines is 3. The Morgan fingerprint density at radius 2 is 2.07 bits per heavy atom. The van der Waals surface area contributed by atoms with Crippen molar-refractivity contribution in [2.45, 2.75) is 25.9 Å². The fourth-order valence-electron chi connectivity index (χ4n) is 3.44. The summed E-state index contributed by atoms with van der Waals surface area (Å²) in [5, 5.41) is 7.47. The maximum Gasteiger partial charge on any atom is 0.146 e. The van der Waals surface area contributed by atoms with E-state index in [0.29, 0.717) is 22.9 Å². The molecule has 0 aliphatic carbocycles. The predicted molar refractivity (Wildman–Crippen MR) is 120 cm³/mol. The van der Waals surface area contributed by atoms with E-state index in [0.717, 1.165) is 42.4 Å². The Hall–Kier alpha value is -2.58. The molecule has 29 heavy (non-hydrogen) atoms. The van der Waals surface area contributed by atoms with Gasteiger partial charge in [0, 0.05) is 23.7 Å². The van der Waals surface area contributed by atoms with E-state index in [1.54, 1.807) is 12.3 Å². The second-order valence-electron chi connectivity index (χ2n) is 6.81. The standard InChI is InChI=1S/C20H22FN5O.CH4S/c1-12-7-14(22)9-17-19(12)20(25-11-24-17)26-16-5-4-13(21)8-18(16)27-15-3-2-6-23-10-15;1-2/h4-5,7-9,11,15,23H,2-3,6,10,22H2,1H3,(H,24,25,26);2H,1H3. The van der Waals surface area contributed by atoms with E-state index in [2.05, 4.69) is 33.2 Å². The highest BCUT2D eigenvalue weighted by atomic mass is 32.1. The van der Waals surface area contributed by atoms with Gasteiger partial charge in [0.05, 0.1) is 11.2 Å². The van der Waals surface area contributed by atoms with Crippen molar-refractivity contribution in [3.05, 3.63) is 48.0 Å². The molecular formula is C21H26FN5OS. The molecule has 2 heterocycles. The van der Waals surface area contributed by atoms with Crippen LogP contribution in [0.4, 0.5) is 21.6 Å². The highest BCUT2D eigenvalue weighted by Gasteiger charge is 2.18. The van der Waals surface area contributed by atoms with Gasteiger partial charge in [0.25, 0.3) is 0 Å². The summed E-state index contributed by atoms with van der Waals surface area (Å²) in [5.41, 5.74) is 8.96. The molecular weight excluding hydrogens is 389 g/mol. The summed E-state index contributed by atoms with van der Waals surface area (Å²) in [6.45, 7) is 3.71. The van der Waals surface area contributed by atoms with Gasteiger partial charge in [0.15, 0.2) is 0 Å². The van der Waals surface area contributed by atoms with Gasteiger partial charge in [-0.1, -0.05) is 0 Å². The molecule has 8 heteroatoms. The van der Waals surface area contributed by atoms with Crippen molar-refractivity contribution >= 4 is 40.7 Å². The quantitative estimate of drug-likeness (QED) is 0.380. The Morgan fingerprint density at radius 3 is 2.83 bits per heavy atom. The van der Waals surface area contributed by atoms with Crippen LogP contribution >= 0.6 is 12.6 Å². The number of ether oxygens (including phenoxy) is 1. The van der Waals surface area contributed by atoms with Gasteiger partial charge in [0.1, 0.15) is 29.8 Å². The lowest BCUT2D eigenvalue weighted by atomic mass is 10.1. The number of piperidine rings is 1. The SMILES string of the molecule is CS.Cc1cc(N)cc2ncnc(Nc3ccc(F)cc3OC3CCCNC3)c12. The van der Waals surface area contributed by atoms with Gasteiger partial charge in [-0.3, -0.25) is 0 Å². The first kappa shape index (κ1) is 21.1. The minimum Gasteiger partial charge on any atom is -0.487 e. The van der Waals surface area contributed by atoms with Gasteiger partial charge in [-0.25, -0.2) is 14.4 Å². The van der Waals surface area contributed by atoms with Crippen LogP contribution in [0.3, 0.4) is 0 Å². The first-order chi connectivity index (χ1) is 14.1. The fourth-order valence-corrected chi connectivity index (χ4v) is 3.44. The molecule has 0 saturated carbocycles. The lowest BCUT2D eigenvalue weighted by molar-refractivity contribution is 0.167. The monoisotopic (exact) mass is 415 g/mol. The third kappa shape index (κ3) is 5.07. The van der Waals surface area contributed by atoms with Crippen molar-refractivity contribution < 1.29 is 9.13 Å². The molecule has 4 N–H and O–H groups in total. The zero-order valence-electron chi connectivity index (χ0n) is 16.6. The number of fused-ring (bicyclic) bond motifs is 1. The molecule has 2 aromatic carbocycles. The van der Waals surface area contributed by atoms with Crippen LogP contribution in [0.25, 0.3) is 10.9 Å². The summed E-state index contributed by atoms with van der Waals surface area (Å²) < 4.78 is 19.9. The number of nitrogens with two attached hydrogens (primary N) is 1. The van der Waals surface area contributed by atoms with E-state index in [9.17, 15) is 4.39 Å². The minimum atomic E-state index is -0.337. The number of nitrogens with one attached hydrogen (secondary N) is 2. The zero-order valence-corrected chi connectivity index (χ0v) is 17.5. The Morgan fingerprint density at radius 1 is 1.24 bits per heavy atom. The third-order valence-corrected chi connectivity index (χ3v) is 4.70. The normalized spacial score (nSPS) is 16.1. The second-order valence-corrected chi connectivity index (χ2v) is 6.81. The molecule has 0 amide bonds. The Balaban J connectivity index is 0.00000117. The number of aryl methyl sites for hydroxylation is 1. The van der Waals surface area contributed by atoms with Crippen LogP contribution < -0.4 is 21.1 Å². The number of nitrogen functional groups attached to an aromatic ring is 1. The lowest BCUT2D eigenvalue weighted by Gasteiger charge is -2.25. The molecule has 4 rings (SSSR count). The van der Waals surface area contributed by atoms with E-state index < -0.39 is 0 Å². The van der Waals surface area contributed by atoms with Crippen molar-refractivity contribution in [2.24, 2.45) is 0 Å². The molecule has 3 aromatic rings. The van der Waals surface area contributed by atoms with Crippen molar-refractivity contribution in [3.8, 4) is 5.75 Å². The van der Waals surface area contributed by atoms with Crippen molar-refractivity contribution in [1.29, 1.82) is 0 Å². The maximum atomic E-state index is 13.8. The van der Waals surface area contributed by atoms with Crippen LogP contribution in [0.5, 0.6) is 5.75 Å². The van der Waals surface area contributed by atoms with Crippen molar-refractivity contribution in [3.63, 3.8) is 0 Å². The summed E-state index contributed by atoms with van der Waals surface area (Å²) >= 11 is 3.53. The topological polar surface area (TPSA) is 85.1 Å². The molecule has 154 valence electrons. The fraction of sp³-hybridized carbons (Fsp3) is 0.333. The molecule has 1 aliphatic heterocycles. The zero-order chi connectivity index (χ0) is 20.8. The predicted octanol–water partition coefficient (Wildman–Crippen LogP) is 4.08. The summed E-state index contributed by atoms with van der Waals surface area (Å²) in [4.78, 5) is 8.68. The smallest absolute Gasteiger partial charge is 0.146 e. The largest absolute Gasteiger partial charge is 0.487 e. The first-order valence-corrected chi connectivity index (χ1v) is 10.4. The Bertz CT molecular complexity index is 979. The van der Waals surface area contributed by atoms with E-state index in [1.807, 2.05) is 19.1 Å². The van der Waals surface area contributed by atoms with Gasteiger partial charge < -0.3 is 21.1 Å². The van der Waals surface area contributed by atoms with Gasteiger partial charge in [-0.05, 0) is 62.4 Å². The summed E-state index contributed by atoms with van der Waals surface area (Å²) in [6, 6.07) is 8.17. The van der Waals surface area contributed by atoms with E-state index in [1.165, 1.54) is 18.5 Å². The molecule has 1 saturated heterocycles. The molecule has 0 bridgehead atoms. The number of benzene rings is 2. The van der Waals surface area contributed by atoms with Gasteiger partial charge in [-0.2, -0.15) is 12.6 Å². The molecule has 1 aliphatic rings. The number of halogens is 1. The lowest BCUT2D eigenvalue weighted by Crippen LogP contribution is -2.37. The highest BCUT2D eigenvalue weighted by Crippen LogP contribution is 2.33. The molecule has 1 atom stereocenters. The molecule has 6 nitrogen and oxygen atoms in total. The van der Waals surface area contributed by atoms with Crippen LogP contribution in [0, 0.1) is 12.7 Å². The number of aromatic nitrogens is 2. The number of thiol groups is 1. The maximum absolute atomic E-state index is 13.8. The molecule has 0 spiro atoms. The molecule has 0 radical (unpaired) electrons. The summed E-state index contributed by atoms with van der Waals surface area (Å²) in [7, 11) is 0. The average Bonchev–Trinajstić information content (AvgIpc) is 2.72. The van der Waals surface area contributed by atoms with Crippen LogP contribution in [0.2, 0.25) is 0 Å². The van der Waals surface area contributed by atoms with Gasteiger partial charge in [-0.15, -0.1) is 0 Å². The Kier molecular flexibility index (Phi) is 7.11. The number of hydrogen-bond donors (Lipinski definition) is 4. The summed E-state index contributed by atoms with van der Waals surface area (Å²) in [5.74, 6) is 0.773. The Labute approximate surface area is 175 Å².